The SMILES string of the molecule is C=C(C)[C@@H]1CC2(CCN(S(=O)(=O)c3ccc(-c4ccccc4)cc3)CC2)[C@@H](Cc2ccccc2)O[C@H]1c1c(C)cc(C(C)C)cc1OCC(=O)O. The summed E-state index contributed by atoms with van der Waals surface area (Å²) in [4.78, 5) is 11.9. The zero-order valence-corrected chi connectivity index (χ0v) is 30.9. The number of hydrogen-bond donors (Lipinski definition) is 1. The first-order valence-corrected chi connectivity index (χ1v) is 19.3. The van der Waals surface area contributed by atoms with Crippen LogP contribution in [0.15, 0.2) is 114 Å². The summed E-state index contributed by atoms with van der Waals surface area (Å²) in [5.74, 6) is -0.358. The molecule has 0 aromatic heterocycles. The predicted octanol–water partition coefficient (Wildman–Crippen LogP) is 8.98. The van der Waals surface area contributed by atoms with Gasteiger partial charge < -0.3 is 14.6 Å². The summed E-state index contributed by atoms with van der Waals surface area (Å²) in [6.45, 7) is 13.0. The summed E-state index contributed by atoms with van der Waals surface area (Å²) in [7, 11) is -3.70. The van der Waals surface area contributed by atoms with E-state index >= 15 is 0 Å². The van der Waals surface area contributed by atoms with E-state index < -0.39 is 28.7 Å². The minimum absolute atomic E-state index is 0.0820. The lowest BCUT2D eigenvalue weighted by atomic mass is 9.63. The predicted molar refractivity (Wildman–Crippen MR) is 201 cm³/mol. The molecule has 4 aromatic carbocycles. The first-order valence-electron chi connectivity index (χ1n) is 17.9. The van der Waals surface area contributed by atoms with E-state index in [1.807, 2.05) is 80.6 Å². The highest BCUT2D eigenvalue weighted by molar-refractivity contribution is 7.89. The number of carbonyl (C=O) groups is 1. The number of carboxylic acid groups (broad SMARTS) is 1. The smallest absolute Gasteiger partial charge is 0.341 e. The van der Waals surface area contributed by atoms with Crippen molar-refractivity contribution >= 4 is 16.0 Å². The Morgan fingerprint density at radius 1 is 0.961 bits per heavy atom. The molecular formula is C43H49NO6S. The maximum absolute atomic E-state index is 14.0. The molecule has 0 bridgehead atoms. The molecule has 51 heavy (non-hydrogen) atoms. The van der Waals surface area contributed by atoms with Crippen molar-refractivity contribution in [2.45, 2.75) is 76.4 Å². The molecule has 7 nitrogen and oxygen atoms in total. The van der Waals surface area contributed by atoms with E-state index in [0.29, 0.717) is 43.0 Å². The fraction of sp³-hybridized carbons (Fsp3) is 0.372. The van der Waals surface area contributed by atoms with E-state index in [-0.39, 0.29) is 23.4 Å². The van der Waals surface area contributed by atoms with Crippen LogP contribution in [0.25, 0.3) is 11.1 Å². The van der Waals surface area contributed by atoms with Gasteiger partial charge in [0, 0.05) is 30.0 Å². The third-order valence-corrected chi connectivity index (χ3v) is 12.8. The molecule has 2 aliphatic heterocycles. The molecule has 0 saturated carbocycles. The molecule has 268 valence electrons. The number of benzene rings is 4. The molecule has 1 N–H and O–H groups in total. The molecule has 6 rings (SSSR count). The molecule has 0 aliphatic carbocycles. The zero-order chi connectivity index (χ0) is 36.3. The van der Waals surface area contributed by atoms with Crippen LogP contribution >= 0.6 is 0 Å². The zero-order valence-electron chi connectivity index (χ0n) is 30.0. The van der Waals surface area contributed by atoms with Gasteiger partial charge >= 0.3 is 5.97 Å². The van der Waals surface area contributed by atoms with Crippen molar-refractivity contribution < 1.29 is 27.8 Å². The van der Waals surface area contributed by atoms with E-state index in [1.165, 1.54) is 0 Å². The first kappa shape index (κ1) is 36.5. The number of aryl methyl sites for hydroxylation is 1. The highest BCUT2D eigenvalue weighted by Gasteiger charge is 2.52. The molecule has 0 radical (unpaired) electrons. The summed E-state index contributed by atoms with van der Waals surface area (Å²) in [5.41, 5.74) is 6.76. The average Bonchev–Trinajstić information content (AvgIpc) is 3.12. The molecule has 0 amide bonds. The van der Waals surface area contributed by atoms with Crippen molar-refractivity contribution in [2.75, 3.05) is 19.7 Å². The number of piperidine rings is 1. The van der Waals surface area contributed by atoms with Gasteiger partial charge in [-0.3, -0.25) is 0 Å². The number of sulfonamides is 1. The van der Waals surface area contributed by atoms with Crippen LogP contribution < -0.4 is 4.74 Å². The van der Waals surface area contributed by atoms with Gasteiger partial charge in [0.15, 0.2) is 6.61 Å². The second kappa shape index (κ2) is 15.2. The molecule has 8 heteroatoms. The van der Waals surface area contributed by atoms with Crippen LogP contribution in [-0.2, 0) is 26.0 Å². The van der Waals surface area contributed by atoms with Crippen molar-refractivity contribution in [3.8, 4) is 16.9 Å². The highest BCUT2D eigenvalue weighted by atomic mass is 32.2. The second-order valence-corrected chi connectivity index (χ2v) is 16.6. The Bertz CT molecular complexity index is 1950. The second-order valence-electron chi connectivity index (χ2n) is 14.6. The highest BCUT2D eigenvalue weighted by Crippen LogP contribution is 2.55. The Balaban J connectivity index is 1.31. The van der Waals surface area contributed by atoms with E-state index in [2.05, 4.69) is 38.6 Å². The quantitative estimate of drug-likeness (QED) is 0.157. The maximum atomic E-state index is 14.0. The van der Waals surface area contributed by atoms with Gasteiger partial charge in [-0.2, -0.15) is 4.31 Å². The Morgan fingerprint density at radius 2 is 1.57 bits per heavy atom. The molecule has 1 spiro atoms. The van der Waals surface area contributed by atoms with Crippen LogP contribution in [0.1, 0.15) is 74.3 Å². The van der Waals surface area contributed by atoms with Gasteiger partial charge in [0.25, 0.3) is 0 Å². The number of hydrogen-bond acceptors (Lipinski definition) is 5. The third kappa shape index (κ3) is 7.83. The van der Waals surface area contributed by atoms with E-state index in [4.69, 9.17) is 9.47 Å². The number of nitrogens with zero attached hydrogens (tertiary/aromatic N) is 1. The number of rotatable bonds is 11. The summed E-state index contributed by atoms with van der Waals surface area (Å²) in [6.07, 6.45) is 2.12. The van der Waals surface area contributed by atoms with Gasteiger partial charge in [-0.15, -0.1) is 0 Å². The largest absolute Gasteiger partial charge is 0.482 e. The van der Waals surface area contributed by atoms with E-state index in [1.54, 1.807) is 16.4 Å². The van der Waals surface area contributed by atoms with Gasteiger partial charge in [0.1, 0.15) is 5.75 Å². The molecule has 2 fully saturated rings. The Kier molecular flexibility index (Phi) is 10.9. The molecule has 2 saturated heterocycles. The Labute approximate surface area is 303 Å². The summed E-state index contributed by atoms with van der Waals surface area (Å²) in [6, 6.07) is 31.5. The van der Waals surface area contributed by atoms with E-state index in [9.17, 15) is 18.3 Å². The van der Waals surface area contributed by atoms with Crippen LogP contribution in [0.5, 0.6) is 5.75 Å². The van der Waals surface area contributed by atoms with Gasteiger partial charge in [-0.25, -0.2) is 13.2 Å². The van der Waals surface area contributed by atoms with Gasteiger partial charge in [0.2, 0.25) is 10.0 Å². The van der Waals surface area contributed by atoms with E-state index in [0.717, 1.165) is 45.4 Å². The van der Waals surface area contributed by atoms with Gasteiger partial charge in [-0.05, 0) is 91.5 Å². The lowest BCUT2D eigenvalue weighted by Crippen LogP contribution is -2.53. The summed E-state index contributed by atoms with van der Waals surface area (Å²) >= 11 is 0. The minimum atomic E-state index is -3.70. The van der Waals surface area contributed by atoms with Crippen molar-refractivity contribution in [3.05, 3.63) is 131 Å². The van der Waals surface area contributed by atoms with Crippen molar-refractivity contribution in [3.63, 3.8) is 0 Å². The molecule has 2 heterocycles. The van der Waals surface area contributed by atoms with Crippen molar-refractivity contribution in [1.29, 1.82) is 0 Å². The average molecular weight is 708 g/mol. The standard InChI is InChI=1S/C43H49NO6S/c1-29(2)35-24-31(5)41(38(26-35)49-28-40(45)46)42-37(30(3)4)27-43(39(50-42)25-32-12-8-6-9-13-32)20-22-44(23-21-43)51(47,48)36-18-16-34(17-19-36)33-14-10-7-11-15-33/h6-19,24,26,29,37,39,42H,3,20-23,25,27-28H2,1-2,4-5H3,(H,45,46)/t37-,39+,42+/m0/s1. The topological polar surface area (TPSA) is 93.1 Å². The van der Waals surface area contributed by atoms with Gasteiger partial charge in [0.05, 0.1) is 17.1 Å². The summed E-state index contributed by atoms with van der Waals surface area (Å²) in [5, 5.41) is 9.53. The minimum Gasteiger partial charge on any atom is -0.482 e. The number of carboxylic acids is 1. The van der Waals surface area contributed by atoms with Crippen LogP contribution in [0.3, 0.4) is 0 Å². The monoisotopic (exact) mass is 707 g/mol. The number of aliphatic carboxylic acids is 1. The fourth-order valence-electron chi connectivity index (χ4n) is 7.93. The van der Waals surface area contributed by atoms with Crippen molar-refractivity contribution in [1.82, 2.24) is 4.31 Å². The van der Waals surface area contributed by atoms with Crippen molar-refractivity contribution in [2.24, 2.45) is 11.3 Å². The molecular weight excluding hydrogens is 659 g/mol. The Hall–Kier alpha value is -4.24. The molecule has 3 atom stereocenters. The number of ether oxygens (including phenoxy) is 2. The summed E-state index contributed by atoms with van der Waals surface area (Å²) < 4.78 is 42.8. The first-order chi connectivity index (χ1) is 24.4. The third-order valence-electron chi connectivity index (χ3n) is 10.9. The van der Waals surface area contributed by atoms with Crippen LogP contribution in [-0.4, -0.2) is 49.6 Å². The maximum Gasteiger partial charge on any atom is 0.341 e. The van der Waals surface area contributed by atoms with Crippen LogP contribution in [0.2, 0.25) is 0 Å². The lowest BCUT2D eigenvalue weighted by Gasteiger charge is -2.54. The Morgan fingerprint density at radius 3 is 2.16 bits per heavy atom. The van der Waals surface area contributed by atoms with Gasteiger partial charge in [-0.1, -0.05) is 105 Å². The molecule has 2 aliphatic rings. The van der Waals surface area contributed by atoms with Crippen LogP contribution in [0.4, 0.5) is 0 Å². The fourth-order valence-corrected chi connectivity index (χ4v) is 9.38. The van der Waals surface area contributed by atoms with Crippen LogP contribution in [0, 0.1) is 18.3 Å². The molecule has 4 aromatic rings. The lowest BCUT2D eigenvalue weighted by molar-refractivity contribution is -0.166. The normalized spacial score (nSPS) is 20.7. The molecule has 0 unspecified atom stereocenters.